The molecule has 56 heavy (non-hydrogen) atoms. The zero-order chi connectivity index (χ0) is 38.6. The molecule has 1 N–H and O–H groups in total. The van der Waals surface area contributed by atoms with Crippen molar-refractivity contribution in [3.05, 3.63) is 208 Å². The Morgan fingerprint density at radius 2 is 1.18 bits per heavy atom. The molecule has 7 rings (SSSR count). The van der Waals surface area contributed by atoms with Crippen molar-refractivity contribution in [2.24, 2.45) is 5.92 Å². The van der Waals surface area contributed by atoms with E-state index in [1.807, 2.05) is 159 Å². The lowest BCUT2D eigenvalue weighted by Crippen LogP contribution is -2.63. The fraction of sp³-hybridized carbons (Fsp3) is 0.265. The number of hydrogen-bond acceptors (Lipinski definition) is 6. The molecule has 0 radical (unpaired) electrons. The highest BCUT2D eigenvalue weighted by molar-refractivity contribution is 6.31. The van der Waals surface area contributed by atoms with Crippen LogP contribution in [0, 0.1) is 5.92 Å². The van der Waals surface area contributed by atoms with Gasteiger partial charge in [0.15, 0.2) is 0 Å². The highest BCUT2D eigenvalue weighted by Gasteiger charge is 2.56. The van der Waals surface area contributed by atoms with Gasteiger partial charge in [0.1, 0.15) is 11.9 Å². The van der Waals surface area contributed by atoms with Crippen LogP contribution in [0.25, 0.3) is 0 Å². The van der Waals surface area contributed by atoms with E-state index in [0.717, 1.165) is 39.1 Å². The minimum absolute atomic E-state index is 0.220. The Bertz CT molecular complexity index is 2060. The molecule has 0 spiro atoms. The molecular formula is C49H49ClO6. The third-order valence-electron chi connectivity index (χ3n) is 10.3. The summed E-state index contributed by atoms with van der Waals surface area (Å²) in [5.41, 5.74) is 6.59. The number of hydrogen-bond donors (Lipinski definition) is 1. The predicted octanol–water partition coefficient (Wildman–Crippen LogP) is 10.1. The van der Waals surface area contributed by atoms with Gasteiger partial charge < -0.3 is 28.8 Å². The number of benzene rings is 6. The Labute approximate surface area is 335 Å². The minimum Gasteiger partial charge on any atom is -0.494 e. The van der Waals surface area contributed by atoms with Gasteiger partial charge in [-0.1, -0.05) is 151 Å². The fourth-order valence-electron chi connectivity index (χ4n) is 7.40. The van der Waals surface area contributed by atoms with Crippen molar-refractivity contribution in [3.63, 3.8) is 0 Å². The van der Waals surface area contributed by atoms with E-state index in [-0.39, 0.29) is 19.1 Å². The van der Waals surface area contributed by atoms with E-state index in [0.29, 0.717) is 43.2 Å². The third-order valence-corrected chi connectivity index (χ3v) is 10.6. The molecule has 0 aromatic heterocycles. The van der Waals surface area contributed by atoms with Crippen molar-refractivity contribution in [2.45, 2.75) is 63.7 Å². The van der Waals surface area contributed by atoms with Crippen LogP contribution < -0.4 is 4.74 Å². The maximum absolute atomic E-state index is 13.3. The Kier molecular flexibility index (Phi) is 13.7. The van der Waals surface area contributed by atoms with Crippen LogP contribution in [-0.4, -0.2) is 36.6 Å². The molecule has 1 aliphatic rings. The van der Waals surface area contributed by atoms with Gasteiger partial charge >= 0.3 is 0 Å². The van der Waals surface area contributed by atoms with Crippen molar-refractivity contribution < 1.29 is 28.8 Å². The summed E-state index contributed by atoms with van der Waals surface area (Å²) < 4.78 is 33.0. The molecule has 0 bridgehead atoms. The minimum atomic E-state index is -1.94. The zero-order valence-corrected chi connectivity index (χ0v) is 32.5. The second-order valence-electron chi connectivity index (χ2n) is 14.2. The number of aliphatic hydroxyl groups is 1. The van der Waals surface area contributed by atoms with Crippen molar-refractivity contribution in [1.29, 1.82) is 0 Å². The van der Waals surface area contributed by atoms with Gasteiger partial charge in [-0.3, -0.25) is 0 Å². The molecule has 1 heterocycles. The first kappa shape index (κ1) is 39.4. The number of halogens is 1. The van der Waals surface area contributed by atoms with Gasteiger partial charge in [-0.15, -0.1) is 0 Å². The third kappa shape index (κ3) is 10.1. The quantitative estimate of drug-likeness (QED) is 0.0997. The van der Waals surface area contributed by atoms with Gasteiger partial charge in [-0.2, -0.15) is 0 Å². The Hall–Kier alpha value is -4.79. The Morgan fingerprint density at radius 1 is 0.625 bits per heavy atom. The summed E-state index contributed by atoms with van der Waals surface area (Å²) in [6.07, 6.45) is -0.978. The van der Waals surface area contributed by atoms with E-state index in [1.54, 1.807) is 0 Å². The first-order chi connectivity index (χ1) is 27.5. The number of ether oxygens (including phenoxy) is 5. The molecule has 0 aliphatic carbocycles. The van der Waals surface area contributed by atoms with Crippen LogP contribution >= 0.6 is 11.6 Å². The van der Waals surface area contributed by atoms with Gasteiger partial charge in [0.05, 0.1) is 45.2 Å². The van der Waals surface area contributed by atoms with E-state index in [1.165, 1.54) is 0 Å². The highest BCUT2D eigenvalue weighted by Crippen LogP contribution is 2.44. The van der Waals surface area contributed by atoms with E-state index >= 15 is 0 Å². The van der Waals surface area contributed by atoms with Gasteiger partial charge in [0.25, 0.3) is 0 Å². The van der Waals surface area contributed by atoms with E-state index in [4.69, 9.17) is 35.3 Å². The summed E-state index contributed by atoms with van der Waals surface area (Å²) in [7, 11) is 0. The molecule has 6 aromatic rings. The molecule has 288 valence electrons. The molecule has 6 nitrogen and oxygen atoms in total. The smallest absolute Gasteiger partial charge is 0.222 e. The van der Waals surface area contributed by atoms with Crippen LogP contribution in [0.1, 0.15) is 45.9 Å². The molecule has 7 heteroatoms. The molecular weight excluding hydrogens is 720 g/mol. The lowest BCUT2D eigenvalue weighted by atomic mass is 9.78. The van der Waals surface area contributed by atoms with Gasteiger partial charge in [-0.05, 0) is 77.4 Å². The van der Waals surface area contributed by atoms with Crippen LogP contribution in [0.4, 0.5) is 0 Å². The van der Waals surface area contributed by atoms with Crippen LogP contribution in [0.5, 0.6) is 5.75 Å². The first-order valence-electron chi connectivity index (χ1n) is 19.4. The van der Waals surface area contributed by atoms with Crippen LogP contribution in [-0.2, 0) is 57.4 Å². The topological polar surface area (TPSA) is 66.4 Å². The van der Waals surface area contributed by atoms with Gasteiger partial charge in [-0.25, -0.2) is 0 Å². The second kappa shape index (κ2) is 19.4. The molecule has 1 saturated heterocycles. The van der Waals surface area contributed by atoms with Crippen molar-refractivity contribution in [2.75, 3.05) is 13.2 Å². The van der Waals surface area contributed by atoms with Crippen LogP contribution in [0.2, 0.25) is 5.02 Å². The molecule has 1 aliphatic heterocycles. The maximum atomic E-state index is 13.3. The molecule has 6 aromatic carbocycles. The van der Waals surface area contributed by atoms with Gasteiger partial charge in [0, 0.05) is 16.5 Å². The summed E-state index contributed by atoms with van der Waals surface area (Å²) >= 11 is 6.88. The zero-order valence-electron chi connectivity index (χ0n) is 31.7. The normalized spacial score (nSPS) is 20.8. The summed E-state index contributed by atoms with van der Waals surface area (Å²) in [5.74, 6) is -1.39. The molecule has 0 saturated carbocycles. The van der Waals surface area contributed by atoms with Crippen molar-refractivity contribution in [3.8, 4) is 5.75 Å². The molecule has 1 fully saturated rings. The predicted molar refractivity (Wildman–Crippen MR) is 220 cm³/mol. The van der Waals surface area contributed by atoms with E-state index in [9.17, 15) is 5.11 Å². The lowest BCUT2D eigenvalue weighted by Gasteiger charge is -2.51. The average molecular weight is 769 g/mol. The lowest BCUT2D eigenvalue weighted by molar-refractivity contribution is -0.367. The van der Waals surface area contributed by atoms with Crippen molar-refractivity contribution >= 4 is 11.6 Å². The Balaban J connectivity index is 1.29. The fourth-order valence-corrected chi connectivity index (χ4v) is 7.59. The second-order valence-corrected chi connectivity index (χ2v) is 14.7. The summed E-state index contributed by atoms with van der Waals surface area (Å²) in [5, 5.41) is 13.8. The molecule has 1 unspecified atom stereocenters. The van der Waals surface area contributed by atoms with Crippen LogP contribution in [0.3, 0.4) is 0 Å². The molecule has 5 atom stereocenters. The highest BCUT2D eigenvalue weighted by atomic mass is 35.5. The average Bonchev–Trinajstić information content (AvgIpc) is 3.24. The summed E-state index contributed by atoms with van der Waals surface area (Å²) in [6.45, 7) is 3.74. The number of rotatable bonds is 17. The first-order valence-corrected chi connectivity index (χ1v) is 19.7. The summed E-state index contributed by atoms with van der Waals surface area (Å²) in [4.78, 5) is 0. The van der Waals surface area contributed by atoms with Gasteiger partial charge in [0.2, 0.25) is 5.79 Å². The van der Waals surface area contributed by atoms with Crippen molar-refractivity contribution in [1.82, 2.24) is 0 Å². The molecule has 0 amide bonds. The van der Waals surface area contributed by atoms with Crippen LogP contribution in [0.15, 0.2) is 164 Å². The monoisotopic (exact) mass is 768 g/mol. The maximum Gasteiger partial charge on any atom is 0.222 e. The SMILES string of the molecule is CCOc1ccc(Cc2cc(C3(O)O[C@H](COCc4ccccc4)[C@@H](Cc4ccccc4)[C@H](OCc4ccccc4)[C@H]3OCc3ccccc3)ccc2Cl)cc1. The van der Waals surface area contributed by atoms with E-state index < -0.39 is 24.1 Å². The van der Waals surface area contributed by atoms with E-state index in [2.05, 4.69) is 12.1 Å². The Morgan fingerprint density at radius 3 is 1.77 bits per heavy atom. The summed E-state index contributed by atoms with van der Waals surface area (Å²) in [6, 6.07) is 54.0. The standard InChI is InChI=1S/C49H49ClO6/c1-2-53-43-26-23-37(24-27-43)29-41-31-42(25-28-45(41)50)49(51)48(55-34-40-21-13-6-14-22-40)47(54-33-39-19-11-5-12-20-39)44(30-36-15-7-3-8-16-36)46(56-49)35-52-32-38-17-9-4-10-18-38/h3-28,31,44,46-48,51H,2,29-30,32-35H2,1H3/t44-,46-,47+,48-,49?/m1/s1. The largest absolute Gasteiger partial charge is 0.494 e.